The molecule has 0 aromatic heterocycles. The topological polar surface area (TPSA) is 86.7 Å². The molecule has 6 atom stereocenters. The van der Waals surface area contributed by atoms with Gasteiger partial charge in [0.05, 0.1) is 7.11 Å². The highest BCUT2D eigenvalue weighted by molar-refractivity contribution is 6.01. The summed E-state index contributed by atoms with van der Waals surface area (Å²) in [4.78, 5) is 49.1. The van der Waals surface area contributed by atoms with Crippen LogP contribution in [0.2, 0.25) is 0 Å². The lowest BCUT2D eigenvalue weighted by molar-refractivity contribution is -0.206. The smallest absolute Gasteiger partial charge is 0.315 e. The molecule has 3 aliphatic carbocycles. The number of hydrogen-bond donors (Lipinski definition) is 0. The maximum absolute atomic E-state index is 13.5. The number of Topliss-reactive ketones (excluding diaryl/α,β-unsaturated/α-hetero) is 1. The highest BCUT2D eigenvalue weighted by Crippen LogP contribution is 2.69. The van der Waals surface area contributed by atoms with E-state index in [1.807, 2.05) is 39.0 Å². The molecule has 196 valence electrons. The average Bonchev–Trinajstić information content (AvgIpc) is 3.10. The van der Waals surface area contributed by atoms with Gasteiger partial charge in [0.25, 0.3) is 0 Å². The molecule has 3 aliphatic rings. The van der Waals surface area contributed by atoms with E-state index in [4.69, 9.17) is 9.47 Å². The number of hydrogen-bond acceptors (Lipinski definition) is 6. The van der Waals surface area contributed by atoms with Crippen LogP contribution >= 0.6 is 0 Å². The Labute approximate surface area is 214 Å². The maximum atomic E-state index is 13.5. The number of esters is 2. The maximum Gasteiger partial charge on any atom is 0.315 e. The summed E-state index contributed by atoms with van der Waals surface area (Å²) < 4.78 is 10.9. The number of allylic oxidation sites excluding steroid dienone is 8. The molecule has 0 aromatic rings. The number of ether oxygens (including phenoxy) is 2. The fraction of sp³-hybridized carbons (Fsp3) is 0.600. The van der Waals surface area contributed by atoms with Crippen LogP contribution < -0.4 is 0 Å². The van der Waals surface area contributed by atoms with Gasteiger partial charge in [0.2, 0.25) is 0 Å². The fourth-order valence-corrected chi connectivity index (χ4v) is 7.80. The molecule has 0 aliphatic heterocycles. The molecule has 0 unspecified atom stereocenters. The molecule has 0 bridgehead atoms. The van der Waals surface area contributed by atoms with Gasteiger partial charge in [-0.3, -0.25) is 19.2 Å². The summed E-state index contributed by atoms with van der Waals surface area (Å²) in [5.74, 6) is -0.543. The van der Waals surface area contributed by atoms with Gasteiger partial charge < -0.3 is 9.47 Å². The first kappa shape index (κ1) is 27.8. The van der Waals surface area contributed by atoms with Crippen LogP contribution in [0.3, 0.4) is 0 Å². The number of ketones is 1. The third-order valence-corrected chi connectivity index (χ3v) is 9.36. The van der Waals surface area contributed by atoms with E-state index in [0.717, 1.165) is 42.3 Å². The van der Waals surface area contributed by atoms with E-state index in [9.17, 15) is 19.2 Å². The van der Waals surface area contributed by atoms with E-state index in [1.54, 1.807) is 6.08 Å². The first-order valence-electron chi connectivity index (χ1n) is 12.8. The molecule has 0 heterocycles. The van der Waals surface area contributed by atoms with Crippen LogP contribution in [0.25, 0.3) is 0 Å². The minimum Gasteiger partial charge on any atom is -0.468 e. The monoisotopic (exact) mass is 496 g/mol. The standard InChI is InChI=1S/C30H40O6/c1-19(11-9-17-31)10-8-12-20(2)26-22(33)18-24-28(4)16-14-25(36-21(3)32)30(6,27(34)35-7)23(28)13-15-29(24,26)5/h8-12,17,23-25H,13-16,18H2,1-7H3/b11-9+,12-8+,19-10+,26-20-/t23-,24-,25-,28+,29+,30-/m1/s1. The quantitative estimate of drug-likeness (QED) is 0.210. The third kappa shape index (κ3) is 4.55. The minimum absolute atomic E-state index is 0.0631. The second-order valence-electron chi connectivity index (χ2n) is 11.4. The lowest BCUT2D eigenvalue weighted by Gasteiger charge is -2.61. The van der Waals surface area contributed by atoms with Crippen molar-refractivity contribution in [3.8, 4) is 0 Å². The van der Waals surface area contributed by atoms with Crippen LogP contribution in [-0.2, 0) is 28.7 Å². The van der Waals surface area contributed by atoms with Crippen LogP contribution in [-0.4, -0.2) is 37.2 Å². The van der Waals surface area contributed by atoms with E-state index in [-0.39, 0.29) is 34.4 Å². The molecule has 3 rings (SSSR count). The molecule has 0 saturated heterocycles. The Morgan fingerprint density at radius 2 is 1.67 bits per heavy atom. The van der Waals surface area contributed by atoms with Gasteiger partial charge in [-0.05, 0) is 75.4 Å². The Morgan fingerprint density at radius 1 is 0.972 bits per heavy atom. The minimum atomic E-state index is -0.962. The van der Waals surface area contributed by atoms with Crippen molar-refractivity contribution in [2.24, 2.45) is 28.1 Å². The molecular weight excluding hydrogens is 456 g/mol. The second-order valence-corrected chi connectivity index (χ2v) is 11.4. The molecule has 0 radical (unpaired) electrons. The summed E-state index contributed by atoms with van der Waals surface area (Å²) in [5, 5.41) is 0. The Bertz CT molecular complexity index is 1060. The zero-order valence-corrected chi connectivity index (χ0v) is 22.7. The van der Waals surface area contributed by atoms with Gasteiger partial charge in [0.15, 0.2) is 5.78 Å². The van der Waals surface area contributed by atoms with Crippen molar-refractivity contribution in [3.63, 3.8) is 0 Å². The van der Waals surface area contributed by atoms with Gasteiger partial charge in [0, 0.05) is 24.3 Å². The lowest BCUT2D eigenvalue weighted by Crippen LogP contribution is -2.62. The summed E-state index contributed by atoms with van der Waals surface area (Å²) in [5.41, 5.74) is 1.26. The number of aldehydes is 1. The van der Waals surface area contributed by atoms with Crippen molar-refractivity contribution in [2.45, 2.75) is 79.8 Å². The number of carbonyl (C=O) groups excluding carboxylic acids is 4. The van der Waals surface area contributed by atoms with E-state index in [0.29, 0.717) is 12.8 Å². The first-order chi connectivity index (χ1) is 16.9. The Morgan fingerprint density at radius 3 is 2.28 bits per heavy atom. The summed E-state index contributed by atoms with van der Waals surface area (Å²) in [7, 11) is 1.39. The largest absolute Gasteiger partial charge is 0.468 e. The lowest BCUT2D eigenvalue weighted by atomic mass is 9.42. The van der Waals surface area contributed by atoms with E-state index >= 15 is 0 Å². The molecule has 0 aromatic carbocycles. The van der Waals surface area contributed by atoms with Crippen LogP contribution in [0.1, 0.15) is 73.6 Å². The van der Waals surface area contributed by atoms with Crippen LogP contribution in [0.5, 0.6) is 0 Å². The first-order valence-corrected chi connectivity index (χ1v) is 12.8. The molecule has 6 nitrogen and oxygen atoms in total. The highest BCUT2D eigenvalue weighted by Gasteiger charge is 2.68. The second kappa shape index (κ2) is 10.3. The summed E-state index contributed by atoms with van der Waals surface area (Å²) in [6, 6.07) is 0. The fourth-order valence-electron chi connectivity index (χ4n) is 7.80. The summed E-state index contributed by atoms with van der Waals surface area (Å²) in [6.45, 7) is 11.6. The number of rotatable bonds is 6. The van der Waals surface area contributed by atoms with Gasteiger partial charge in [0.1, 0.15) is 17.8 Å². The number of carbonyl (C=O) groups is 4. The molecular formula is C30H40O6. The predicted molar refractivity (Wildman–Crippen MR) is 138 cm³/mol. The third-order valence-electron chi connectivity index (χ3n) is 9.36. The van der Waals surface area contributed by atoms with E-state index < -0.39 is 17.5 Å². The van der Waals surface area contributed by atoms with Crippen molar-refractivity contribution in [3.05, 3.63) is 47.1 Å². The predicted octanol–water partition coefficient (Wildman–Crippen LogP) is 5.48. The highest BCUT2D eigenvalue weighted by atomic mass is 16.6. The number of fused-ring (bicyclic) bond motifs is 3. The van der Waals surface area contributed by atoms with Crippen molar-refractivity contribution in [1.29, 1.82) is 0 Å². The molecule has 36 heavy (non-hydrogen) atoms. The Balaban J connectivity index is 2.00. The van der Waals surface area contributed by atoms with E-state index in [2.05, 4.69) is 13.8 Å². The van der Waals surface area contributed by atoms with Crippen molar-refractivity contribution in [2.75, 3.05) is 7.11 Å². The molecule has 0 spiro atoms. The normalized spacial score (nSPS) is 38.0. The van der Waals surface area contributed by atoms with Gasteiger partial charge in [-0.15, -0.1) is 0 Å². The van der Waals surface area contributed by atoms with Crippen LogP contribution in [0, 0.1) is 28.1 Å². The SMILES string of the molecule is COC(=O)[C@]1(C)[C@@H]2CC[C@]3(C)\C(=C(C)/C=C/C=C(C)/C=C/C=O)C(=O)C[C@@H]3[C@@]2(C)CC[C@H]1OC(C)=O. The molecule has 6 heteroatoms. The number of methoxy groups -OCH3 is 1. The molecule has 3 saturated carbocycles. The zero-order chi connectivity index (χ0) is 26.9. The molecule has 0 amide bonds. The summed E-state index contributed by atoms with van der Waals surface area (Å²) >= 11 is 0. The molecule has 3 fully saturated rings. The van der Waals surface area contributed by atoms with Crippen molar-refractivity contribution in [1.82, 2.24) is 0 Å². The van der Waals surface area contributed by atoms with E-state index in [1.165, 1.54) is 20.1 Å². The zero-order valence-electron chi connectivity index (χ0n) is 22.7. The van der Waals surface area contributed by atoms with Gasteiger partial charge in [-0.25, -0.2) is 0 Å². The van der Waals surface area contributed by atoms with Crippen molar-refractivity contribution >= 4 is 24.0 Å². The summed E-state index contributed by atoms with van der Waals surface area (Å²) in [6.07, 6.45) is 12.5. The van der Waals surface area contributed by atoms with Crippen molar-refractivity contribution < 1.29 is 28.7 Å². The van der Waals surface area contributed by atoms with Gasteiger partial charge in [-0.1, -0.05) is 43.7 Å². The van der Waals surface area contributed by atoms with Crippen LogP contribution in [0.15, 0.2) is 47.1 Å². The average molecular weight is 497 g/mol. The Hall–Kier alpha value is -2.76. The van der Waals surface area contributed by atoms with Crippen LogP contribution in [0.4, 0.5) is 0 Å². The van der Waals surface area contributed by atoms with Gasteiger partial charge in [-0.2, -0.15) is 0 Å². The Kier molecular flexibility index (Phi) is 7.97. The van der Waals surface area contributed by atoms with Gasteiger partial charge >= 0.3 is 11.9 Å². The molecule has 0 N–H and O–H groups in total.